The molecule has 0 aliphatic heterocycles. The van der Waals surface area contributed by atoms with E-state index in [4.69, 9.17) is 4.74 Å². The fourth-order valence-electron chi connectivity index (χ4n) is 4.75. The van der Waals surface area contributed by atoms with Crippen LogP contribution in [0.1, 0.15) is 46.5 Å². The first kappa shape index (κ1) is 36.1. The molecule has 5 rings (SSSR count). The van der Waals surface area contributed by atoms with Gasteiger partial charge in [-0.25, -0.2) is 4.39 Å². The highest BCUT2D eigenvalue weighted by Gasteiger charge is 2.23. The summed E-state index contributed by atoms with van der Waals surface area (Å²) in [5.41, 5.74) is 2.35. The summed E-state index contributed by atoms with van der Waals surface area (Å²) in [6.45, 7) is 2.75. The summed E-state index contributed by atoms with van der Waals surface area (Å²) < 4.78 is 20.9. The zero-order chi connectivity index (χ0) is 35.3. The molecule has 3 N–H and O–H groups in total. The highest BCUT2D eigenvalue weighted by Crippen LogP contribution is 2.37. The minimum atomic E-state index is -0.755. The van der Waals surface area contributed by atoms with Crippen molar-refractivity contribution in [3.63, 3.8) is 0 Å². The Morgan fingerprint density at radius 2 is 1.44 bits per heavy atom. The van der Waals surface area contributed by atoms with Crippen LogP contribution in [0.25, 0.3) is 6.08 Å². The number of hydrogen-bond acceptors (Lipinski definition) is 5. The van der Waals surface area contributed by atoms with Crippen LogP contribution in [0.15, 0.2) is 142 Å². The van der Waals surface area contributed by atoms with Gasteiger partial charge in [-0.2, -0.15) is 0 Å². The van der Waals surface area contributed by atoms with Gasteiger partial charge in [0.25, 0.3) is 11.8 Å². The standard InChI is InChI=1S/C40H35BrFN3O4S/c1-2-3-25-49-32-21-17-30(18-22-32)44-40(48)37(28-9-5-4-6-10-28)50-33-23-19-31(20-24-33)43-39(47)36(26-27-13-15-29(41)16-14-27)45-38(46)34-11-7-8-12-35(34)42/h4-24,26,37H,2-3,25H2,1H3,(H,43,47)(H,44,48)(H,45,46)/b36-26-/t37-/m0/s1. The van der Waals surface area contributed by atoms with Crippen molar-refractivity contribution in [1.82, 2.24) is 5.32 Å². The summed E-state index contributed by atoms with van der Waals surface area (Å²) in [5.74, 6) is -1.49. The number of unbranched alkanes of at least 4 members (excludes halogenated alkanes) is 1. The molecule has 10 heteroatoms. The number of carbonyl (C=O) groups is 3. The molecule has 5 aromatic rings. The van der Waals surface area contributed by atoms with Gasteiger partial charge in [0.2, 0.25) is 5.91 Å². The predicted molar refractivity (Wildman–Crippen MR) is 202 cm³/mol. The van der Waals surface area contributed by atoms with Crippen LogP contribution in [0.5, 0.6) is 5.75 Å². The topological polar surface area (TPSA) is 96.5 Å². The minimum Gasteiger partial charge on any atom is -0.494 e. The van der Waals surface area contributed by atoms with Crippen LogP contribution in [-0.2, 0) is 9.59 Å². The highest BCUT2D eigenvalue weighted by molar-refractivity contribution is 9.10. The van der Waals surface area contributed by atoms with Crippen molar-refractivity contribution in [2.75, 3.05) is 17.2 Å². The van der Waals surface area contributed by atoms with Crippen LogP contribution in [0, 0.1) is 5.82 Å². The minimum absolute atomic E-state index is 0.0691. The Balaban J connectivity index is 1.29. The van der Waals surface area contributed by atoms with E-state index in [9.17, 15) is 18.8 Å². The van der Waals surface area contributed by atoms with Crippen molar-refractivity contribution in [3.8, 4) is 5.75 Å². The molecule has 0 spiro atoms. The average molecular weight is 753 g/mol. The van der Waals surface area contributed by atoms with E-state index in [1.807, 2.05) is 66.7 Å². The lowest BCUT2D eigenvalue weighted by atomic mass is 10.1. The number of nitrogens with one attached hydrogen (secondary N) is 3. The van der Waals surface area contributed by atoms with Crippen LogP contribution < -0.4 is 20.7 Å². The molecule has 0 saturated heterocycles. The van der Waals surface area contributed by atoms with Crippen molar-refractivity contribution >= 4 is 62.9 Å². The first-order chi connectivity index (χ1) is 24.3. The van der Waals surface area contributed by atoms with E-state index in [-0.39, 0.29) is 17.2 Å². The number of halogens is 2. The Bertz CT molecular complexity index is 1940. The number of rotatable bonds is 14. The third kappa shape index (κ3) is 10.4. The first-order valence-corrected chi connectivity index (χ1v) is 17.7. The van der Waals surface area contributed by atoms with E-state index in [2.05, 4.69) is 38.8 Å². The van der Waals surface area contributed by atoms with E-state index in [0.29, 0.717) is 23.5 Å². The van der Waals surface area contributed by atoms with Gasteiger partial charge in [-0.1, -0.05) is 83.9 Å². The van der Waals surface area contributed by atoms with E-state index in [1.54, 1.807) is 42.5 Å². The maximum Gasteiger partial charge on any atom is 0.272 e. The zero-order valence-corrected chi connectivity index (χ0v) is 29.6. The highest BCUT2D eigenvalue weighted by atomic mass is 79.9. The Morgan fingerprint density at radius 3 is 2.12 bits per heavy atom. The normalized spacial score (nSPS) is 11.7. The van der Waals surface area contributed by atoms with E-state index < -0.39 is 22.9 Å². The van der Waals surface area contributed by atoms with Crippen LogP contribution >= 0.6 is 27.7 Å². The first-order valence-electron chi connectivity index (χ1n) is 16.0. The number of thioether (sulfide) groups is 1. The lowest BCUT2D eigenvalue weighted by Gasteiger charge is -2.18. The quantitative estimate of drug-likeness (QED) is 0.0597. The molecule has 0 heterocycles. The Labute approximate surface area is 303 Å². The molecule has 0 bridgehead atoms. The molecule has 3 amide bonds. The molecule has 0 saturated carbocycles. The van der Waals surface area contributed by atoms with E-state index >= 15 is 0 Å². The largest absolute Gasteiger partial charge is 0.494 e. The lowest BCUT2D eigenvalue weighted by molar-refractivity contribution is -0.116. The van der Waals surface area contributed by atoms with Crippen LogP contribution in [-0.4, -0.2) is 24.3 Å². The molecular formula is C40H35BrFN3O4S. The third-order valence-corrected chi connectivity index (χ3v) is 9.18. The number of hydrogen-bond donors (Lipinski definition) is 3. The molecule has 254 valence electrons. The predicted octanol–water partition coefficient (Wildman–Crippen LogP) is 9.65. The number of ether oxygens (including phenoxy) is 1. The molecule has 7 nitrogen and oxygen atoms in total. The maximum atomic E-state index is 14.3. The Hall–Kier alpha value is -5.19. The third-order valence-electron chi connectivity index (χ3n) is 7.39. The van der Waals surface area contributed by atoms with E-state index in [0.717, 1.165) is 33.5 Å². The van der Waals surface area contributed by atoms with E-state index in [1.165, 1.54) is 36.0 Å². The SMILES string of the molecule is CCCCOc1ccc(NC(=O)[C@@H](Sc2ccc(NC(=O)/C(=C/c3ccc(Br)cc3)NC(=O)c3ccccc3F)cc2)c2ccccc2)cc1. The van der Waals surface area contributed by atoms with Crippen molar-refractivity contribution in [3.05, 3.63) is 160 Å². The van der Waals surface area contributed by atoms with Crippen LogP contribution in [0.4, 0.5) is 15.8 Å². The molecule has 1 atom stereocenters. The van der Waals surface area contributed by atoms with Crippen molar-refractivity contribution < 1.29 is 23.5 Å². The van der Waals surface area contributed by atoms with Crippen LogP contribution in [0.2, 0.25) is 0 Å². The van der Waals surface area contributed by atoms with Gasteiger partial charge in [0.15, 0.2) is 0 Å². The fraction of sp³-hybridized carbons (Fsp3) is 0.125. The fourth-order valence-corrected chi connectivity index (χ4v) is 6.04. The van der Waals surface area contributed by atoms with Gasteiger partial charge in [0.1, 0.15) is 22.5 Å². The molecule has 0 aliphatic carbocycles. The van der Waals surface area contributed by atoms with Crippen molar-refractivity contribution in [1.29, 1.82) is 0 Å². The molecule has 0 radical (unpaired) electrons. The molecule has 0 fully saturated rings. The van der Waals surface area contributed by atoms with Gasteiger partial charge in [0, 0.05) is 20.7 Å². The summed E-state index contributed by atoms with van der Waals surface area (Å²) in [4.78, 5) is 40.8. The van der Waals surface area contributed by atoms with Crippen LogP contribution in [0.3, 0.4) is 0 Å². The number of carbonyl (C=O) groups excluding carboxylic acids is 3. The summed E-state index contributed by atoms with van der Waals surface area (Å²) >= 11 is 4.76. The molecule has 0 unspecified atom stereocenters. The number of benzene rings is 5. The second kappa shape index (κ2) is 18.0. The molecular weight excluding hydrogens is 717 g/mol. The second-order valence-corrected chi connectivity index (χ2v) is 13.2. The Kier molecular flexibility index (Phi) is 13.0. The maximum absolute atomic E-state index is 14.3. The summed E-state index contributed by atoms with van der Waals surface area (Å²) in [7, 11) is 0. The Morgan fingerprint density at radius 1 is 0.800 bits per heavy atom. The number of anilines is 2. The lowest BCUT2D eigenvalue weighted by Crippen LogP contribution is -2.31. The second-order valence-electron chi connectivity index (χ2n) is 11.1. The number of amides is 3. The smallest absolute Gasteiger partial charge is 0.272 e. The zero-order valence-electron chi connectivity index (χ0n) is 27.2. The van der Waals surface area contributed by atoms with Gasteiger partial charge >= 0.3 is 0 Å². The monoisotopic (exact) mass is 751 g/mol. The summed E-state index contributed by atoms with van der Waals surface area (Å²) in [6, 6.07) is 36.6. The van der Waals surface area contributed by atoms with Gasteiger partial charge in [-0.05, 0) is 96.4 Å². The molecule has 0 aliphatic rings. The summed E-state index contributed by atoms with van der Waals surface area (Å²) in [6.07, 6.45) is 3.54. The molecule has 50 heavy (non-hydrogen) atoms. The van der Waals surface area contributed by atoms with Gasteiger partial charge in [-0.15, -0.1) is 11.8 Å². The average Bonchev–Trinajstić information content (AvgIpc) is 3.13. The van der Waals surface area contributed by atoms with Gasteiger partial charge in [-0.3, -0.25) is 14.4 Å². The molecule has 5 aromatic carbocycles. The molecule has 0 aromatic heterocycles. The van der Waals surface area contributed by atoms with Crippen molar-refractivity contribution in [2.24, 2.45) is 0 Å². The summed E-state index contributed by atoms with van der Waals surface area (Å²) in [5, 5.41) is 7.83. The van der Waals surface area contributed by atoms with Gasteiger partial charge in [0.05, 0.1) is 12.2 Å². The van der Waals surface area contributed by atoms with Crippen molar-refractivity contribution in [2.45, 2.75) is 29.9 Å². The van der Waals surface area contributed by atoms with Gasteiger partial charge < -0.3 is 20.7 Å².